The van der Waals surface area contributed by atoms with E-state index in [1.165, 1.54) is 4.31 Å². The summed E-state index contributed by atoms with van der Waals surface area (Å²) < 4.78 is 35.1. The van der Waals surface area contributed by atoms with Crippen LogP contribution in [0.2, 0.25) is 0 Å². The van der Waals surface area contributed by atoms with E-state index in [0.717, 1.165) is 42.0 Å². The van der Waals surface area contributed by atoms with E-state index in [9.17, 15) is 18.0 Å². The average Bonchev–Trinajstić information content (AvgIpc) is 3.36. The molecular formula is C28H45N3O5S2. The predicted octanol–water partition coefficient (Wildman–Crippen LogP) is 5.24. The first-order valence-corrected chi connectivity index (χ1v) is 16.0. The zero-order valence-corrected chi connectivity index (χ0v) is 25.8. The summed E-state index contributed by atoms with van der Waals surface area (Å²) >= 11 is 1.55. The molecule has 2 fully saturated rings. The number of hydrogen-bond acceptors (Lipinski definition) is 7. The van der Waals surface area contributed by atoms with Gasteiger partial charge in [0.2, 0.25) is 0 Å². The third-order valence-corrected chi connectivity index (χ3v) is 10.8. The molecule has 6 atom stereocenters. The number of ketones is 1. The summed E-state index contributed by atoms with van der Waals surface area (Å²) in [7, 11) is -0.502. The summed E-state index contributed by atoms with van der Waals surface area (Å²) in [6, 6.07) is -0.364. The molecule has 10 heteroatoms. The van der Waals surface area contributed by atoms with Crippen LogP contribution in [0, 0.1) is 24.2 Å². The first-order chi connectivity index (χ1) is 17.6. The van der Waals surface area contributed by atoms with E-state index in [2.05, 4.69) is 11.9 Å². The Labute approximate surface area is 233 Å². The van der Waals surface area contributed by atoms with Crippen molar-refractivity contribution < 1.29 is 22.7 Å². The average molecular weight is 568 g/mol. The fourth-order valence-corrected chi connectivity index (χ4v) is 7.72. The number of carbonyl (C=O) groups excluding carboxylic acids is 2. The van der Waals surface area contributed by atoms with Gasteiger partial charge < -0.3 is 4.74 Å². The van der Waals surface area contributed by atoms with Gasteiger partial charge in [0.15, 0.2) is 0 Å². The summed E-state index contributed by atoms with van der Waals surface area (Å²) in [4.78, 5) is 30.8. The number of nitrogens with zero attached hydrogens (tertiary/aromatic N) is 3. The predicted molar refractivity (Wildman–Crippen MR) is 152 cm³/mol. The van der Waals surface area contributed by atoms with Gasteiger partial charge in [-0.05, 0) is 50.7 Å². The summed E-state index contributed by atoms with van der Waals surface area (Å²) in [5.74, 6) is 0.0765. The molecule has 2 aliphatic rings. The van der Waals surface area contributed by atoms with Crippen LogP contribution in [0.1, 0.15) is 90.3 Å². The quantitative estimate of drug-likeness (QED) is 0.365. The van der Waals surface area contributed by atoms with Crippen molar-refractivity contribution in [2.24, 2.45) is 17.3 Å². The van der Waals surface area contributed by atoms with Gasteiger partial charge in [-0.1, -0.05) is 40.5 Å². The van der Waals surface area contributed by atoms with E-state index >= 15 is 0 Å². The molecule has 2 saturated heterocycles. The Morgan fingerprint density at radius 3 is 2.47 bits per heavy atom. The Balaban J connectivity index is 1.91. The number of rotatable bonds is 4. The molecule has 0 aliphatic carbocycles. The number of Topliss-reactive ketones (excluding diaryl/α,β-unsaturated/α-hetero) is 1. The Hall–Kier alpha value is -1.62. The summed E-state index contributed by atoms with van der Waals surface area (Å²) in [6.07, 6.45) is 5.63. The Morgan fingerprint density at radius 2 is 1.87 bits per heavy atom. The van der Waals surface area contributed by atoms with Gasteiger partial charge in [-0.2, -0.15) is 17.0 Å². The standard InChI is InChI=1S/C28H45N3O5S2/c1-18-10-9-11-23-24(31(23)38(34,35)30(7)8)16-25(19(2)15-22-17-37-21(4)29-22)36-26(32)12-13-28(5,6)27(33)20(3)14-18/h15,17-18,20,23-25H,9-14,16H2,1-8H3/b19-15+. The third kappa shape index (κ3) is 7.52. The zero-order valence-electron chi connectivity index (χ0n) is 24.2. The molecule has 3 rings (SSSR count). The number of hydrogen-bond donors (Lipinski definition) is 0. The molecule has 8 nitrogen and oxygen atoms in total. The lowest BCUT2D eigenvalue weighted by Gasteiger charge is -2.28. The van der Waals surface area contributed by atoms with Crippen LogP contribution in [0.15, 0.2) is 11.0 Å². The molecule has 38 heavy (non-hydrogen) atoms. The highest BCUT2D eigenvalue weighted by Gasteiger charge is 2.56. The van der Waals surface area contributed by atoms with Crippen molar-refractivity contribution in [3.63, 3.8) is 0 Å². The van der Waals surface area contributed by atoms with E-state index in [0.29, 0.717) is 18.8 Å². The second-order valence-corrected chi connectivity index (χ2v) is 15.2. The van der Waals surface area contributed by atoms with Gasteiger partial charge in [0.1, 0.15) is 11.9 Å². The van der Waals surface area contributed by atoms with Crippen molar-refractivity contribution in [1.82, 2.24) is 13.6 Å². The lowest BCUT2D eigenvalue weighted by Crippen LogP contribution is -2.32. The monoisotopic (exact) mass is 567 g/mol. The van der Waals surface area contributed by atoms with Gasteiger partial charge in [-0.15, -0.1) is 11.3 Å². The second-order valence-electron chi connectivity index (χ2n) is 12.1. The van der Waals surface area contributed by atoms with Gasteiger partial charge in [0, 0.05) is 55.7 Å². The molecule has 6 unspecified atom stereocenters. The molecule has 3 heterocycles. The molecular weight excluding hydrogens is 522 g/mol. The van der Waals surface area contributed by atoms with Gasteiger partial charge in [0.05, 0.1) is 10.7 Å². The lowest BCUT2D eigenvalue weighted by atomic mass is 9.75. The van der Waals surface area contributed by atoms with E-state index in [1.807, 2.05) is 46.1 Å². The number of fused-ring (bicyclic) bond motifs is 1. The molecule has 0 saturated carbocycles. The summed E-state index contributed by atoms with van der Waals surface area (Å²) in [5.41, 5.74) is 1.01. The minimum atomic E-state index is -3.60. The maximum atomic E-state index is 13.2. The zero-order chi connectivity index (χ0) is 28.4. The van der Waals surface area contributed by atoms with Crippen molar-refractivity contribution in [2.45, 2.75) is 105 Å². The molecule has 0 amide bonds. The highest BCUT2D eigenvalue weighted by atomic mass is 32.2. The number of aryl methyl sites for hydroxylation is 1. The topological polar surface area (TPSA) is 96.6 Å². The first-order valence-electron chi connectivity index (χ1n) is 13.7. The molecule has 2 aliphatic heterocycles. The van der Waals surface area contributed by atoms with Crippen LogP contribution in [0.4, 0.5) is 0 Å². The molecule has 214 valence electrons. The maximum Gasteiger partial charge on any atom is 0.306 e. The number of aromatic nitrogens is 1. The van der Waals surface area contributed by atoms with Crippen LogP contribution in [0.3, 0.4) is 0 Å². The fourth-order valence-electron chi connectivity index (χ4n) is 5.67. The Bertz CT molecular complexity index is 1140. The van der Waals surface area contributed by atoms with E-state index in [-0.39, 0.29) is 36.2 Å². The molecule has 1 aromatic heterocycles. The van der Waals surface area contributed by atoms with Crippen LogP contribution in [-0.2, 0) is 24.5 Å². The minimum absolute atomic E-state index is 0.0947. The number of cyclic esters (lactones) is 1. The summed E-state index contributed by atoms with van der Waals surface area (Å²) in [5, 5.41) is 2.90. The fraction of sp³-hybridized carbons (Fsp3) is 0.750. The van der Waals surface area contributed by atoms with Crippen molar-refractivity contribution in [3.8, 4) is 0 Å². The van der Waals surface area contributed by atoms with Crippen molar-refractivity contribution >= 4 is 39.4 Å². The molecule has 0 spiro atoms. The smallest absolute Gasteiger partial charge is 0.306 e. The van der Waals surface area contributed by atoms with Crippen LogP contribution < -0.4 is 0 Å². The minimum Gasteiger partial charge on any atom is -0.458 e. The number of thiazole rings is 1. The number of esters is 1. The number of carbonyl (C=O) groups is 2. The van der Waals surface area contributed by atoms with Crippen LogP contribution in [0.5, 0.6) is 0 Å². The molecule has 0 aromatic carbocycles. The second kappa shape index (κ2) is 12.3. The molecule has 0 N–H and O–H groups in total. The molecule has 0 bridgehead atoms. The van der Waals surface area contributed by atoms with Crippen LogP contribution >= 0.6 is 11.3 Å². The van der Waals surface area contributed by atoms with Gasteiger partial charge in [-0.25, -0.2) is 4.98 Å². The van der Waals surface area contributed by atoms with Crippen molar-refractivity contribution in [1.29, 1.82) is 0 Å². The molecule has 0 radical (unpaired) electrons. The van der Waals surface area contributed by atoms with Crippen LogP contribution in [-0.4, -0.2) is 66.0 Å². The SMILES string of the molecule is C/C(=C\c1csc(C)n1)C1CC2C(CCCC(C)CC(C)C(=O)C(C)(C)CCC(=O)O1)N2S(=O)(=O)N(C)C. The summed E-state index contributed by atoms with van der Waals surface area (Å²) in [6.45, 7) is 11.8. The number of ether oxygens (including phenoxy) is 1. The largest absolute Gasteiger partial charge is 0.458 e. The lowest BCUT2D eigenvalue weighted by molar-refractivity contribution is -0.148. The van der Waals surface area contributed by atoms with Crippen LogP contribution in [0.25, 0.3) is 6.08 Å². The third-order valence-electron chi connectivity index (χ3n) is 8.01. The maximum absolute atomic E-state index is 13.2. The first kappa shape index (κ1) is 30.9. The van der Waals surface area contributed by atoms with E-state index < -0.39 is 21.7 Å². The highest BCUT2D eigenvalue weighted by molar-refractivity contribution is 7.87. The Morgan fingerprint density at radius 1 is 1.18 bits per heavy atom. The Kier molecular flexibility index (Phi) is 9.98. The van der Waals surface area contributed by atoms with E-state index in [4.69, 9.17) is 4.74 Å². The van der Waals surface area contributed by atoms with Gasteiger partial charge >= 0.3 is 5.97 Å². The van der Waals surface area contributed by atoms with Crippen molar-refractivity contribution in [3.05, 3.63) is 21.7 Å². The van der Waals surface area contributed by atoms with Gasteiger partial charge in [0.25, 0.3) is 10.2 Å². The molecule has 1 aromatic rings. The van der Waals surface area contributed by atoms with Gasteiger partial charge in [-0.3, -0.25) is 9.59 Å². The highest BCUT2D eigenvalue weighted by Crippen LogP contribution is 2.42. The van der Waals surface area contributed by atoms with E-state index in [1.54, 1.807) is 29.7 Å². The normalized spacial score (nSPS) is 32.1. The van der Waals surface area contributed by atoms with Crippen molar-refractivity contribution in [2.75, 3.05) is 14.1 Å².